The van der Waals surface area contributed by atoms with E-state index in [2.05, 4.69) is 5.32 Å². The molecule has 2 aromatic carbocycles. The molecular weight excluding hydrogens is 384 g/mol. The predicted octanol–water partition coefficient (Wildman–Crippen LogP) is 4.25. The highest BCUT2D eigenvalue weighted by Gasteiger charge is 2.26. The molecular formula is C20H25ClN2O3S. The van der Waals surface area contributed by atoms with Crippen LogP contribution in [0, 0.1) is 6.92 Å². The summed E-state index contributed by atoms with van der Waals surface area (Å²) < 4.78 is 27.0. The number of aryl methyl sites for hydroxylation is 2. The van der Waals surface area contributed by atoms with Gasteiger partial charge in [-0.15, -0.1) is 0 Å². The van der Waals surface area contributed by atoms with Crippen LogP contribution in [0.2, 0.25) is 5.02 Å². The fourth-order valence-corrected chi connectivity index (χ4v) is 4.44. The maximum absolute atomic E-state index is 12.9. The number of benzene rings is 2. The Hall–Kier alpha value is -1.89. The maximum Gasteiger partial charge on any atom is 0.243 e. The zero-order valence-electron chi connectivity index (χ0n) is 15.8. The van der Waals surface area contributed by atoms with Crippen LogP contribution >= 0.6 is 11.6 Å². The lowest BCUT2D eigenvalue weighted by atomic mass is 10.1. The number of anilines is 1. The van der Waals surface area contributed by atoms with E-state index in [9.17, 15) is 13.2 Å². The Morgan fingerprint density at radius 2 is 1.78 bits per heavy atom. The second kappa shape index (κ2) is 9.35. The number of carbonyl (C=O) groups excluding carboxylic acids is 1. The fraction of sp³-hybridized carbons (Fsp3) is 0.350. The molecule has 0 spiro atoms. The molecule has 1 N–H and O–H groups in total. The van der Waals surface area contributed by atoms with Crippen molar-refractivity contribution in [3.63, 3.8) is 0 Å². The molecule has 0 aliphatic rings. The fourth-order valence-electron chi connectivity index (χ4n) is 2.83. The first-order chi connectivity index (χ1) is 12.8. The number of nitrogens with zero attached hydrogens (tertiary/aromatic N) is 1. The zero-order valence-corrected chi connectivity index (χ0v) is 17.4. The number of amides is 1. The van der Waals surface area contributed by atoms with Crippen LogP contribution in [0.3, 0.4) is 0 Å². The van der Waals surface area contributed by atoms with Gasteiger partial charge in [0.2, 0.25) is 15.9 Å². The monoisotopic (exact) mass is 408 g/mol. The largest absolute Gasteiger partial charge is 0.324 e. The Morgan fingerprint density at radius 3 is 2.37 bits per heavy atom. The topological polar surface area (TPSA) is 66.5 Å². The van der Waals surface area contributed by atoms with Crippen molar-refractivity contribution >= 4 is 33.2 Å². The van der Waals surface area contributed by atoms with Gasteiger partial charge in [0.1, 0.15) is 0 Å². The van der Waals surface area contributed by atoms with Crippen molar-refractivity contribution in [2.75, 3.05) is 18.4 Å². The van der Waals surface area contributed by atoms with E-state index >= 15 is 0 Å². The second-order valence-electron chi connectivity index (χ2n) is 6.30. The van der Waals surface area contributed by atoms with Crippen molar-refractivity contribution in [1.29, 1.82) is 0 Å². The van der Waals surface area contributed by atoms with Crippen molar-refractivity contribution in [1.82, 2.24) is 4.31 Å². The highest BCUT2D eigenvalue weighted by atomic mass is 35.5. The first kappa shape index (κ1) is 21.4. The van der Waals surface area contributed by atoms with Gasteiger partial charge in [-0.1, -0.05) is 43.6 Å². The molecule has 2 rings (SSSR count). The summed E-state index contributed by atoms with van der Waals surface area (Å²) in [6.07, 6.45) is 1.38. The minimum Gasteiger partial charge on any atom is -0.324 e. The quantitative estimate of drug-likeness (QED) is 0.710. The summed E-state index contributed by atoms with van der Waals surface area (Å²) in [7, 11) is -3.78. The van der Waals surface area contributed by atoms with Crippen LogP contribution in [0.25, 0.3) is 0 Å². The van der Waals surface area contributed by atoms with Crippen molar-refractivity contribution in [3.05, 3.63) is 58.6 Å². The first-order valence-electron chi connectivity index (χ1n) is 8.93. The summed E-state index contributed by atoms with van der Waals surface area (Å²) in [6, 6.07) is 11.8. The van der Waals surface area contributed by atoms with Gasteiger partial charge < -0.3 is 5.32 Å². The van der Waals surface area contributed by atoms with Crippen LogP contribution in [0.4, 0.5) is 5.69 Å². The SMILES string of the molecule is CCCN(CC(=O)Nc1c(C)cccc1CC)S(=O)(=O)c1ccc(Cl)cc1. The second-order valence-corrected chi connectivity index (χ2v) is 8.68. The molecule has 0 bridgehead atoms. The number of halogens is 1. The van der Waals surface area contributed by atoms with Crippen molar-refractivity contribution < 1.29 is 13.2 Å². The van der Waals surface area contributed by atoms with Gasteiger partial charge >= 0.3 is 0 Å². The van der Waals surface area contributed by atoms with Crippen molar-refractivity contribution in [2.45, 2.75) is 38.5 Å². The molecule has 146 valence electrons. The van der Waals surface area contributed by atoms with E-state index in [0.717, 1.165) is 23.2 Å². The van der Waals surface area contributed by atoms with Gasteiger partial charge in [-0.3, -0.25) is 4.79 Å². The molecule has 0 saturated carbocycles. The number of rotatable bonds is 8. The normalized spacial score (nSPS) is 11.6. The molecule has 0 fully saturated rings. The summed E-state index contributed by atoms with van der Waals surface area (Å²) in [5, 5.41) is 3.34. The predicted molar refractivity (Wildman–Crippen MR) is 110 cm³/mol. The summed E-state index contributed by atoms with van der Waals surface area (Å²) in [5.41, 5.74) is 2.72. The molecule has 7 heteroatoms. The molecule has 1 amide bonds. The Kier molecular flexibility index (Phi) is 7.41. The minimum atomic E-state index is -3.78. The van der Waals surface area contributed by atoms with Crippen LogP contribution in [-0.2, 0) is 21.2 Å². The Labute approximate surface area is 166 Å². The molecule has 0 unspecified atom stereocenters. The molecule has 0 aliphatic carbocycles. The summed E-state index contributed by atoms with van der Waals surface area (Å²) in [4.78, 5) is 12.7. The van der Waals surface area contributed by atoms with Gasteiger partial charge in [-0.25, -0.2) is 8.42 Å². The van der Waals surface area contributed by atoms with Gasteiger partial charge in [0.05, 0.1) is 11.4 Å². The van der Waals surface area contributed by atoms with Crippen LogP contribution in [-0.4, -0.2) is 31.7 Å². The smallest absolute Gasteiger partial charge is 0.243 e. The van der Waals surface area contributed by atoms with Gasteiger partial charge in [0.25, 0.3) is 0 Å². The molecule has 0 radical (unpaired) electrons. The van der Waals surface area contributed by atoms with Crippen molar-refractivity contribution in [3.8, 4) is 0 Å². The van der Waals surface area contributed by atoms with Gasteiger partial charge in [-0.2, -0.15) is 4.31 Å². The van der Waals surface area contributed by atoms with Gasteiger partial charge in [0, 0.05) is 17.3 Å². The lowest BCUT2D eigenvalue weighted by Crippen LogP contribution is -2.38. The average molecular weight is 409 g/mol. The Bertz CT molecular complexity index is 896. The Morgan fingerprint density at radius 1 is 1.11 bits per heavy atom. The van der Waals surface area contributed by atoms with Crippen LogP contribution in [0.15, 0.2) is 47.4 Å². The van der Waals surface area contributed by atoms with Gasteiger partial charge in [0.15, 0.2) is 0 Å². The number of carbonyl (C=O) groups is 1. The molecule has 5 nitrogen and oxygen atoms in total. The van der Waals surface area contributed by atoms with Gasteiger partial charge in [-0.05, 0) is 55.2 Å². The first-order valence-corrected chi connectivity index (χ1v) is 10.8. The highest BCUT2D eigenvalue weighted by molar-refractivity contribution is 7.89. The van der Waals surface area contributed by atoms with E-state index in [-0.39, 0.29) is 23.9 Å². The highest BCUT2D eigenvalue weighted by Crippen LogP contribution is 2.22. The number of para-hydroxylation sites is 1. The molecule has 0 saturated heterocycles. The molecule has 0 aromatic heterocycles. The van der Waals surface area contributed by atoms with E-state index in [0.29, 0.717) is 11.4 Å². The van der Waals surface area contributed by atoms with E-state index in [1.54, 1.807) is 0 Å². The van der Waals surface area contributed by atoms with E-state index < -0.39 is 10.0 Å². The Balaban J connectivity index is 2.23. The third-order valence-corrected chi connectivity index (χ3v) is 6.36. The number of nitrogens with one attached hydrogen (secondary N) is 1. The van der Waals surface area contributed by atoms with Crippen molar-refractivity contribution in [2.24, 2.45) is 0 Å². The molecule has 0 atom stereocenters. The minimum absolute atomic E-state index is 0.123. The maximum atomic E-state index is 12.9. The van der Waals surface area contributed by atoms with Crippen LogP contribution in [0.5, 0.6) is 0 Å². The van der Waals surface area contributed by atoms with Crippen LogP contribution < -0.4 is 5.32 Å². The number of hydrogen-bond acceptors (Lipinski definition) is 3. The zero-order chi connectivity index (χ0) is 20.0. The number of sulfonamides is 1. The standard InChI is InChI=1S/C20H25ClN2O3S/c1-4-13-23(27(25,26)18-11-9-17(21)10-12-18)14-19(24)22-20-15(3)7-6-8-16(20)5-2/h6-12H,4-5,13-14H2,1-3H3,(H,22,24). The van der Waals surface area contributed by atoms with Crippen LogP contribution in [0.1, 0.15) is 31.4 Å². The molecule has 2 aromatic rings. The average Bonchev–Trinajstić information content (AvgIpc) is 2.63. The summed E-state index contributed by atoms with van der Waals surface area (Å²) in [6.45, 7) is 5.82. The molecule has 0 aliphatic heterocycles. The summed E-state index contributed by atoms with van der Waals surface area (Å²) >= 11 is 5.85. The van der Waals surface area contributed by atoms with E-state index in [1.165, 1.54) is 28.6 Å². The molecule has 27 heavy (non-hydrogen) atoms. The third kappa shape index (κ3) is 5.31. The lowest BCUT2D eigenvalue weighted by molar-refractivity contribution is -0.116. The van der Waals surface area contributed by atoms with E-state index in [1.807, 2.05) is 39.0 Å². The summed E-state index contributed by atoms with van der Waals surface area (Å²) in [5.74, 6) is -0.356. The number of hydrogen-bond donors (Lipinski definition) is 1. The third-order valence-electron chi connectivity index (χ3n) is 4.25. The van der Waals surface area contributed by atoms with E-state index in [4.69, 9.17) is 11.6 Å². The lowest BCUT2D eigenvalue weighted by Gasteiger charge is -2.22. The molecule has 0 heterocycles.